The highest BCUT2D eigenvalue weighted by molar-refractivity contribution is 5.78. The Morgan fingerprint density at radius 2 is 2.07 bits per heavy atom. The van der Waals surface area contributed by atoms with Crippen LogP contribution in [0.2, 0.25) is 0 Å². The Morgan fingerprint density at radius 3 is 2.60 bits per heavy atom. The van der Waals surface area contributed by atoms with Crippen LogP contribution in [0.1, 0.15) is 19.4 Å². The van der Waals surface area contributed by atoms with Gasteiger partial charge in [-0.15, -0.1) is 0 Å². The van der Waals surface area contributed by atoms with Crippen molar-refractivity contribution in [1.82, 2.24) is 0 Å². The highest BCUT2D eigenvalue weighted by Gasteiger charge is 2.19. The van der Waals surface area contributed by atoms with Crippen LogP contribution in [0.25, 0.3) is 0 Å². The van der Waals surface area contributed by atoms with Crippen LogP contribution >= 0.6 is 0 Å². The van der Waals surface area contributed by atoms with Crippen molar-refractivity contribution in [3.63, 3.8) is 0 Å². The first kappa shape index (κ1) is 11.7. The molecule has 2 N–H and O–H groups in total. The van der Waals surface area contributed by atoms with E-state index in [1.807, 2.05) is 39.0 Å². The van der Waals surface area contributed by atoms with Gasteiger partial charge in [0.2, 0.25) is 0 Å². The number of benzene rings is 1. The van der Waals surface area contributed by atoms with Crippen LogP contribution < -0.4 is 10.5 Å². The molecule has 0 spiro atoms. The Kier molecular flexibility index (Phi) is 3.86. The van der Waals surface area contributed by atoms with E-state index in [4.69, 9.17) is 10.5 Å². The number of hydrogen-bond donors (Lipinski definition) is 1. The summed E-state index contributed by atoms with van der Waals surface area (Å²) >= 11 is 0. The average Bonchev–Trinajstić information content (AvgIpc) is 2.16. The summed E-state index contributed by atoms with van der Waals surface area (Å²) in [4.78, 5) is 11.5. The van der Waals surface area contributed by atoms with Crippen LogP contribution in [-0.4, -0.2) is 12.0 Å². The van der Waals surface area contributed by atoms with Crippen molar-refractivity contribution in [2.24, 2.45) is 11.7 Å². The lowest BCUT2D eigenvalue weighted by Gasteiger charge is -2.14. The molecule has 1 aromatic carbocycles. The Hall–Kier alpha value is -1.35. The van der Waals surface area contributed by atoms with Gasteiger partial charge in [-0.1, -0.05) is 26.0 Å². The molecule has 0 amide bonds. The molecule has 0 aromatic heterocycles. The van der Waals surface area contributed by atoms with Crippen molar-refractivity contribution in [2.45, 2.75) is 26.8 Å². The van der Waals surface area contributed by atoms with E-state index in [2.05, 4.69) is 0 Å². The molecule has 0 radical (unpaired) electrons. The van der Waals surface area contributed by atoms with Crippen LogP contribution in [0.3, 0.4) is 0 Å². The zero-order chi connectivity index (χ0) is 11.4. The Balaban J connectivity index is 2.66. The second-order valence-electron chi connectivity index (χ2n) is 4.01. The third-order valence-electron chi connectivity index (χ3n) is 2.20. The Bertz CT molecular complexity index is 347. The fraction of sp³-hybridized carbons (Fsp3) is 0.417. The molecule has 0 aliphatic carbocycles. The van der Waals surface area contributed by atoms with Gasteiger partial charge in [-0.05, 0) is 30.5 Å². The maximum atomic E-state index is 11.5. The summed E-state index contributed by atoms with van der Waals surface area (Å²) in [7, 11) is 0. The fourth-order valence-electron chi connectivity index (χ4n) is 1.14. The molecule has 82 valence electrons. The van der Waals surface area contributed by atoms with Gasteiger partial charge in [-0.3, -0.25) is 0 Å². The molecule has 1 aromatic rings. The average molecular weight is 207 g/mol. The van der Waals surface area contributed by atoms with Crippen LogP contribution in [0, 0.1) is 12.8 Å². The second kappa shape index (κ2) is 4.94. The summed E-state index contributed by atoms with van der Waals surface area (Å²) in [6, 6.07) is 6.78. The van der Waals surface area contributed by atoms with Gasteiger partial charge in [-0.2, -0.15) is 0 Å². The normalized spacial score (nSPS) is 12.6. The molecule has 3 heteroatoms. The molecule has 0 aliphatic heterocycles. The van der Waals surface area contributed by atoms with Gasteiger partial charge in [0.25, 0.3) is 0 Å². The minimum atomic E-state index is -0.564. The van der Waals surface area contributed by atoms with E-state index in [9.17, 15) is 4.79 Å². The largest absolute Gasteiger partial charge is 0.425 e. The summed E-state index contributed by atoms with van der Waals surface area (Å²) in [6.45, 7) is 5.73. The zero-order valence-electron chi connectivity index (χ0n) is 9.36. The predicted molar refractivity (Wildman–Crippen MR) is 59.6 cm³/mol. The molecule has 0 fully saturated rings. The van der Waals surface area contributed by atoms with E-state index >= 15 is 0 Å². The smallest absolute Gasteiger partial charge is 0.328 e. The number of hydrogen-bond acceptors (Lipinski definition) is 3. The van der Waals surface area contributed by atoms with Gasteiger partial charge in [-0.25, -0.2) is 4.79 Å². The molecule has 0 bridgehead atoms. The van der Waals surface area contributed by atoms with E-state index in [0.29, 0.717) is 5.75 Å². The molecule has 1 atom stereocenters. The van der Waals surface area contributed by atoms with E-state index in [1.165, 1.54) is 0 Å². The minimum Gasteiger partial charge on any atom is -0.425 e. The molecule has 15 heavy (non-hydrogen) atoms. The summed E-state index contributed by atoms with van der Waals surface area (Å²) in [6.07, 6.45) is 0. The summed E-state index contributed by atoms with van der Waals surface area (Å²) in [5, 5.41) is 0. The van der Waals surface area contributed by atoms with Gasteiger partial charge in [0.05, 0.1) is 0 Å². The van der Waals surface area contributed by atoms with Crippen LogP contribution in [0.5, 0.6) is 5.75 Å². The van der Waals surface area contributed by atoms with Gasteiger partial charge in [0.15, 0.2) is 0 Å². The molecule has 1 unspecified atom stereocenters. The van der Waals surface area contributed by atoms with Crippen LogP contribution in [0.4, 0.5) is 0 Å². The lowest BCUT2D eigenvalue weighted by molar-refractivity contribution is -0.136. The van der Waals surface area contributed by atoms with Crippen molar-refractivity contribution in [2.75, 3.05) is 0 Å². The van der Waals surface area contributed by atoms with Crippen LogP contribution in [-0.2, 0) is 4.79 Å². The van der Waals surface area contributed by atoms with E-state index in [0.717, 1.165) is 5.56 Å². The van der Waals surface area contributed by atoms with Gasteiger partial charge < -0.3 is 10.5 Å². The van der Waals surface area contributed by atoms with E-state index in [-0.39, 0.29) is 11.9 Å². The lowest BCUT2D eigenvalue weighted by Crippen LogP contribution is -2.38. The second-order valence-corrected chi connectivity index (χ2v) is 4.01. The standard InChI is InChI=1S/C12H17NO2/c1-8(2)11(13)12(14)15-10-6-4-5-9(3)7-10/h4-8,11H,13H2,1-3H3. The predicted octanol–water partition coefficient (Wildman–Crippen LogP) is 1.88. The van der Waals surface area contributed by atoms with Crippen molar-refractivity contribution in [1.29, 1.82) is 0 Å². The minimum absolute atomic E-state index is 0.0855. The molecule has 0 aliphatic rings. The van der Waals surface area contributed by atoms with Gasteiger partial charge >= 0.3 is 5.97 Å². The van der Waals surface area contributed by atoms with E-state index < -0.39 is 6.04 Å². The summed E-state index contributed by atoms with van der Waals surface area (Å²) < 4.78 is 5.15. The molecule has 0 saturated carbocycles. The summed E-state index contributed by atoms with van der Waals surface area (Å²) in [5.41, 5.74) is 6.73. The number of esters is 1. The summed E-state index contributed by atoms with van der Waals surface area (Å²) in [5.74, 6) is 0.258. The number of carbonyl (C=O) groups is 1. The molecule has 1 rings (SSSR count). The topological polar surface area (TPSA) is 52.3 Å². The monoisotopic (exact) mass is 207 g/mol. The maximum absolute atomic E-state index is 11.5. The number of nitrogens with two attached hydrogens (primary N) is 1. The van der Waals surface area contributed by atoms with Gasteiger partial charge in [0.1, 0.15) is 11.8 Å². The fourth-order valence-corrected chi connectivity index (χ4v) is 1.14. The first-order chi connectivity index (χ1) is 7.00. The van der Waals surface area contributed by atoms with Crippen LogP contribution in [0.15, 0.2) is 24.3 Å². The Morgan fingerprint density at radius 1 is 1.40 bits per heavy atom. The quantitative estimate of drug-likeness (QED) is 0.608. The maximum Gasteiger partial charge on any atom is 0.328 e. The number of ether oxygens (including phenoxy) is 1. The SMILES string of the molecule is Cc1cccc(OC(=O)C(N)C(C)C)c1. The molecular weight excluding hydrogens is 190 g/mol. The third kappa shape index (κ3) is 3.36. The first-order valence-corrected chi connectivity index (χ1v) is 5.04. The highest BCUT2D eigenvalue weighted by atomic mass is 16.5. The third-order valence-corrected chi connectivity index (χ3v) is 2.20. The molecule has 0 heterocycles. The zero-order valence-corrected chi connectivity index (χ0v) is 9.36. The van der Waals surface area contributed by atoms with Crippen molar-refractivity contribution in [3.8, 4) is 5.75 Å². The number of carbonyl (C=O) groups excluding carboxylic acids is 1. The van der Waals surface area contributed by atoms with Crippen molar-refractivity contribution in [3.05, 3.63) is 29.8 Å². The van der Waals surface area contributed by atoms with Gasteiger partial charge in [0, 0.05) is 0 Å². The molecular formula is C12H17NO2. The molecule has 0 saturated heterocycles. The lowest BCUT2D eigenvalue weighted by atomic mass is 10.1. The van der Waals surface area contributed by atoms with Crippen molar-refractivity contribution >= 4 is 5.97 Å². The number of rotatable bonds is 3. The Labute approximate surface area is 90.2 Å². The first-order valence-electron chi connectivity index (χ1n) is 5.04. The molecule has 3 nitrogen and oxygen atoms in total. The highest BCUT2D eigenvalue weighted by Crippen LogP contribution is 2.13. The van der Waals surface area contributed by atoms with Crippen molar-refractivity contribution < 1.29 is 9.53 Å². The van der Waals surface area contributed by atoms with E-state index in [1.54, 1.807) is 6.07 Å². The number of aryl methyl sites for hydroxylation is 1.